The van der Waals surface area contributed by atoms with Gasteiger partial charge < -0.3 is 33.8 Å². The van der Waals surface area contributed by atoms with Gasteiger partial charge in [0.2, 0.25) is 0 Å². The Bertz CT molecular complexity index is 2800. The fourth-order valence-electron chi connectivity index (χ4n) is 10.6. The number of phosphoric acid groups is 2. The molecule has 5 unspecified atom stereocenters. The molecule has 0 fully saturated rings. The highest BCUT2D eigenvalue weighted by atomic mass is 31.2. The van der Waals surface area contributed by atoms with E-state index in [1.165, 1.54) is 19.3 Å². The SMILES string of the molecule is CC/C=C\C/C=C\C/C=C\C/C=C\C/C=C\CCCCCC(=O)OCC(COP(=O)(O)OCC(O)COP(=O)(O)OCC(COC(=O)CCCCCCCC/C=C\C/C=C\C/C=C\CCCCC)OC(=O)CCCCCCC/C=C\C/C=C\C/C=C\CC)OC(=O)CCCCCC/C=C\C/C=C\C/C=C\C/C=C\CC. The topological polar surface area (TPSA) is 237 Å². The Labute approximate surface area is 666 Å². The van der Waals surface area contributed by atoms with Gasteiger partial charge in [0.05, 0.1) is 26.4 Å². The highest BCUT2D eigenvalue weighted by molar-refractivity contribution is 7.47. The number of aliphatic hydroxyl groups is 1. The first-order valence-corrected chi connectivity index (χ1v) is 45.0. The zero-order chi connectivity index (χ0) is 80.3. The van der Waals surface area contributed by atoms with Crippen molar-refractivity contribution in [2.45, 2.75) is 329 Å². The Balaban J connectivity index is 5.47. The number of esters is 4. The highest BCUT2D eigenvalue weighted by Gasteiger charge is 2.30. The number of carbonyl (C=O) groups excluding carboxylic acids is 4. The third kappa shape index (κ3) is 80.2. The minimum Gasteiger partial charge on any atom is -0.462 e. The van der Waals surface area contributed by atoms with Gasteiger partial charge in [0, 0.05) is 25.7 Å². The summed E-state index contributed by atoms with van der Waals surface area (Å²) in [6.07, 6.45) is 98.5. The molecule has 624 valence electrons. The lowest BCUT2D eigenvalue weighted by atomic mass is 10.1. The molecule has 0 spiro atoms. The lowest BCUT2D eigenvalue weighted by Crippen LogP contribution is -2.30. The van der Waals surface area contributed by atoms with Crippen molar-refractivity contribution in [3.8, 4) is 0 Å². The molecule has 0 radical (unpaired) electrons. The summed E-state index contributed by atoms with van der Waals surface area (Å²) >= 11 is 0. The van der Waals surface area contributed by atoms with Crippen molar-refractivity contribution in [3.05, 3.63) is 182 Å². The van der Waals surface area contributed by atoms with Gasteiger partial charge in [0.25, 0.3) is 0 Å². The van der Waals surface area contributed by atoms with E-state index in [2.05, 4.69) is 210 Å². The van der Waals surface area contributed by atoms with E-state index < -0.39 is 97.5 Å². The standard InChI is InChI=1S/C91H148O17P2/c1-5-9-13-17-21-25-29-33-37-40-42-45-48-51-55-59-63-67-71-75-88(93)101-81-86(107-90(95)77-73-69-65-61-57-53-47-36-32-28-24-20-16-12-8-4)83-105-109(97,98)103-79-85(92)80-104-110(99,100)106-84-87(108-91(96)78-74-70-66-62-58-54-50-44-39-35-31-27-23-19-15-11-7-3)82-102-89(94)76-72-68-64-60-56-52-49-46-43-41-38-34-30-26-22-18-14-10-6-2/h10-12,14-16,21-28,33-39,42-43,45-47,50,52,54,56,85-87,92H,5-9,13,17-20,29-32,40-41,44,48-49,51,53,55,57-84H2,1-4H3,(H,97,98)(H,99,100)/b14-10-,15-11-,16-12-,25-21-,26-22-,27-23-,28-24-,37-33-,38-34-,39-35-,45-42-,46-43-,47-36-,54-50-,56-52-. The van der Waals surface area contributed by atoms with Crippen LogP contribution in [0.4, 0.5) is 0 Å². The molecule has 0 aliphatic carbocycles. The number of allylic oxidation sites excluding steroid dienone is 30. The van der Waals surface area contributed by atoms with E-state index in [0.29, 0.717) is 25.7 Å². The molecule has 5 atom stereocenters. The van der Waals surface area contributed by atoms with Crippen LogP contribution in [0.3, 0.4) is 0 Å². The lowest BCUT2D eigenvalue weighted by molar-refractivity contribution is -0.161. The van der Waals surface area contributed by atoms with Crippen molar-refractivity contribution >= 4 is 39.5 Å². The molecule has 0 aliphatic heterocycles. The third-order valence-corrected chi connectivity index (χ3v) is 18.7. The molecule has 0 aromatic carbocycles. The zero-order valence-corrected chi connectivity index (χ0v) is 70.1. The summed E-state index contributed by atoms with van der Waals surface area (Å²) in [6.45, 7) is 4.41. The fraction of sp³-hybridized carbons (Fsp3) is 0.626. The summed E-state index contributed by atoms with van der Waals surface area (Å²) in [5, 5.41) is 10.7. The van der Waals surface area contributed by atoms with Gasteiger partial charge in [0.1, 0.15) is 19.3 Å². The minimum atomic E-state index is -5.01. The predicted molar refractivity (Wildman–Crippen MR) is 454 cm³/mol. The van der Waals surface area contributed by atoms with Crippen LogP contribution < -0.4 is 0 Å². The molecular weight excluding hydrogens is 1430 g/mol. The number of unbranched alkanes of at least 4 members (excludes halogenated alkanes) is 21. The predicted octanol–water partition coefficient (Wildman–Crippen LogP) is 25.1. The molecule has 0 bridgehead atoms. The van der Waals surface area contributed by atoms with Crippen LogP contribution in [0.2, 0.25) is 0 Å². The maximum Gasteiger partial charge on any atom is 0.472 e. The van der Waals surface area contributed by atoms with Crippen molar-refractivity contribution < 1.29 is 80.2 Å². The van der Waals surface area contributed by atoms with Gasteiger partial charge in [-0.15, -0.1) is 0 Å². The van der Waals surface area contributed by atoms with E-state index in [-0.39, 0.29) is 25.7 Å². The number of hydrogen-bond acceptors (Lipinski definition) is 15. The molecule has 0 aliphatic rings. The average Bonchev–Trinajstić information content (AvgIpc) is 0.906. The Morgan fingerprint density at radius 1 is 0.264 bits per heavy atom. The largest absolute Gasteiger partial charge is 0.472 e. The van der Waals surface area contributed by atoms with Crippen LogP contribution >= 0.6 is 15.6 Å². The molecule has 0 aromatic rings. The van der Waals surface area contributed by atoms with Gasteiger partial charge in [-0.1, -0.05) is 287 Å². The second-order valence-electron chi connectivity index (χ2n) is 27.3. The zero-order valence-electron chi connectivity index (χ0n) is 68.4. The van der Waals surface area contributed by atoms with E-state index >= 15 is 0 Å². The average molecular weight is 1580 g/mol. The molecule has 110 heavy (non-hydrogen) atoms. The number of phosphoric ester groups is 2. The van der Waals surface area contributed by atoms with Gasteiger partial charge in [-0.3, -0.25) is 37.3 Å². The summed E-state index contributed by atoms with van der Waals surface area (Å²) in [6, 6.07) is 0. The smallest absolute Gasteiger partial charge is 0.462 e. The van der Waals surface area contributed by atoms with Crippen LogP contribution in [0.25, 0.3) is 0 Å². The van der Waals surface area contributed by atoms with Crippen LogP contribution in [0, 0.1) is 0 Å². The molecule has 0 heterocycles. The van der Waals surface area contributed by atoms with Gasteiger partial charge in [0.15, 0.2) is 12.2 Å². The summed E-state index contributed by atoms with van der Waals surface area (Å²) in [7, 11) is -10.0. The molecule has 0 amide bonds. The van der Waals surface area contributed by atoms with Crippen molar-refractivity contribution in [2.75, 3.05) is 39.6 Å². The van der Waals surface area contributed by atoms with Crippen molar-refractivity contribution in [1.82, 2.24) is 0 Å². The number of aliphatic hydroxyl groups excluding tert-OH is 1. The molecular formula is C91H148O17P2. The van der Waals surface area contributed by atoms with Crippen LogP contribution in [0.1, 0.15) is 310 Å². The molecule has 3 N–H and O–H groups in total. The molecule has 17 nitrogen and oxygen atoms in total. The maximum atomic E-state index is 13.1. The second-order valence-corrected chi connectivity index (χ2v) is 30.2. The molecule has 0 saturated carbocycles. The Hall–Kier alpha value is -5.84. The van der Waals surface area contributed by atoms with E-state index in [0.717, 1.165) is 212 Å². The third-order valence-electron chi connectivity index (χ3n) is 16.8. The number of rotatable bonds is 77. The summed E-state index contributed by atoms with van der Waals surface area (Å²) in [4.78, 5) is 73.2. The van der Waals surface area contributed by atoms with Crippen molar-refractivity contribution in [3.63, 3.8) is 0 Å². The summed E-state index contributed by atoms with van der Waals surface area (Å²) in [5.41, 5.74) is 0. The second kappa shape index (κ2) is 81.2. The van der Waals surface area contributed by atoms with Gasteiger partial charge in [-0.2, -0.15) is 0 Å². The Morgan fingerprint density at radius 3 is 0.736 bits per heavy atom. The summed E-state index contributed by atoms with van der Waals surface area (Å²) in [5.74, 6) is -2.28. The number of hydrogen-bond donors (Lipinski definition) is 3. The summed E-state index contributed by atoms with van der Waals surface area (Å²) < 4.78 is 68.7. The van der Waals surface area contributed by atoms with Crippen LogP contribution in [-0.2, 0) is 65.4 Å². The number of carbonyl (C=O) groups is 4. The first kappa shape index (κ1) is 104. The van der Waals surface area contributed by atoms with E-state index in [1.807, 2.05) is 0 Å². The molecule has 0 saturated heterocycles. The highest BCUT2D eigenvalue weighted by Crippen LogP contribution is 2.45. The molecule has 0 rings (SSSR count). The van der Waals surface area contributed by atoms with Crippen LogP contribution in [0.5, 0.6) is 0 Å². The Kier molecular flexibility index (Phi) is 76.9. The molecule has 19 heteroatoms. The molecule has 0 aromatic heterocycles. The van der Waals surface area contributed by atoms with E-state index in [4.69, 9.17) is 37.0 Å². The van der Waals surface area contributed by atoms with Crippen molar-refractivity contribution in [2.24, 2.45) is 0 Å². The fourth-order valence-corrected chi connectivity index (χ4v) is 12.1. The van der Waals surface area contributed by atoms with Gasteiger partial charge in [-0.05, 0) is 180 Å². The number of ether oxygens (including phenoxy) is 4. The maximum absolute atomic E-state index is 13.1. The lowest BCUT2D eigenvalue weighted by Gasteiger charge is -2.21. The Morgan fingerprint density at radius 2 is 0.473 bits per heavy atom. The first-order valence-electron chi connectivity index (χ1n) is 42.0. The van der Waals surface area contributed by atoms with E-state index in [9.17, 15) is 43.2 Å². The monoisotopic (exact) mass is 1580 g/mol. The quantitative estimate of drug-likeness (QED) is 0.0169. The van der Waals surface area contributed by atoms with Gasteiger partial charge in [-0.25, -0.2) is 9.13 Å². The van der Waals surface area contributed by atoms with E-state index in [1.54, 1.807) is 0 Å². The van der Waals surface area contributed by atoms with Crippen molar-refractivity contribution in [1.29, 1.82) is 0 Å². The van der Waals surface area contributed by atoms with Crippen LogP contribution in [-0.4, -0.2) is 96.7 Å². The van der Waals surface area contributed by atoms with Crippen LogP contribution in [0.15, 0.2) is 182 Å². The minimum absolute atomic E-state index is 0.0517. The van der Waals surface area contributed by atoms with Gasteiger partial charge >= 0.3 is 39.5 Å². The first-order chi connectivity index (χ1) is 53.7. The normalized spacial score (nSPS) is 14.7.